The monoisotopic (exact) mass is 2030 g/mol. The van der Waals surface area contributed by atoms with E-state index in [2.05, 4.69) is 95.7 Å². The Labute approximate surface area is 836 Å². The maximum absolute atomic E-state index is 15.2. The molecule has 54 nitrogen and oxygen atoms in total. The predicted molar refractivity (Wildman–Crippen MR) is 530 cm³/mol. The Hall–Kier alpha value is -16.3. The number of carbonyl (C=O) groups excluding carboxylic acids is 14. The molecule has 44 N–H and O–H groups in total. The quantitative estimate of drug-likeness (QED) is 0.00643. The van der Waals surface area contributed by atoms with Gasteiger partial charge in [-0.2, -0.15) is 0 Å². The molecule has 145 heavy (non-hydrogen) atoms. The number of carboxylic acids is 1. The van der Waals surface area contributed by atoms with Gasteiger partial charge in [0, 0.05) is 99.5 Å². The number of unbranched alkanes of at least 4 members (excludes halogenated alkanes) is 2. The number of phenols is 3. The van der Waals surface area contributed by atoms with Gasteiger partial charge in [-0.05, 0) is 189 Å². The lowest BCUT2D eigenvalue weighted by Gasteiger charge is -2.36. The fourth-order valence-electron chi connectivity index (χ4n) is 15.6. The van der Waals surface area contributed by atoms with Gasteiger partial charge in [0.2, 0.25) is 70.9 Å². The normalized spacial score (nSPS) is 13.9. The molecule has 13 amide bonds. The van der Waals surface area contributed by atoms with Crippen LogP contribution in [0.1, 0.15) is 178 Å². The molecule has 0 aromatic heterocycles. The largest absolute Gasteiger partial charge is 0.508 e. The number of hydrogen-bond donors (Lipinski definition) is 36. The molecule has 2 heterocycles. The summed E-state index contributed by atoms with van der Waals surface area (Å²) in [6.45, 7) is -0.616. The number of guanidine groups is 6. The highest BCUT2D eigenvalue weighted by molar-refractivity contribution is 6.03. The SMILES string of the molecule is C[N+](C)(C)CCCC[C@H](NC(=O)[C@H](CCCCN)NC(=O)[C@H](CCCNC(=N)N)NC(=O)CNC(=O)[C@H](Cc1ccc(O)cc1)NC(=O)CCNC(=O)c1ccc2c(c1)C1(OC2=O)c2ccc(O)cc2Oc2cc(O)ccc21)C(=O)N[C@@H](CCCNC(=N)N)C(=O)N[C@@H](CCCNC(=N)N)C(=O)N[C@@H](CCC(N)=O)C(=O)N[C@@H](CCCNC(=N)N)C(=O)N[C@@H](CCCNC(=N)N)C(=O)N[C@@H](CCCNC(=N)N)C(=O)O. The lowest BCUT2D eigenvalue weighted by atomic mass is 9.77. The van der Waals surface area contributed by atoms with Gasteiger partial charge in [-0.15, -0.1) is 0 Å². The van der Waals surface area contributed by atoms with E-state index >= 15 is 14.4 Å². The first kappa shape index (κ1) is 117. The Morgan fingerprint density at radius 2 is 0.703 bits per heavy atom. The smallest absolute Gasteiger partial charge is 0.340 e. The first-order chi connectivity index (χ1) is 68.7. The van der Waals surface area contributed by atoms with Gasteiger partial charge in [0.05, 0.1) is 39.8 Å². The van der Waals surface area contributed by atoms with Crippen LogP contribution < -0.4 is 146 Å². The number of ether oxygens (including phenoxy) is 2. The summed E-state index contributed by atoms with van der Waals surface area (Å²) in [6, 6.07) is 2.40. The number of carboxylic acid groups (broad SMARTS) is 1. The molecule has 6 rings (SSSR count). The summed E-state index contributed by atoms with van der Waals surface area (Å²) >= 11 is 0. The number of benzene rings is 4. The highest BCUT2D eigenvalue weighted by Crippen LogP contribution is 2.57. The highest BCUT2D eigenvalue weighted by atomic mass is 16.6. The van der Waals surface area contributed by atoms with Crippen molar-refractivity contribution in [1.29, 1.82) is 32.5 Å². The number of carbonyl (C=O) groups is 15. The number of aromatic hydroxyl groups is 3. The third kappa shape index (κ3) is 40.7. The van der Waals surface area contributed by atoms with Crippen LogP contribution in [0.4, 0.5) is 0 Å². The molecule has 1 spiro atoms. The van der Waals surface area contributed by atoms with Gasteiger partial charge >= 0.3 is 11.9 Å². The predicted octanol–water partition coefficient (Wildman–Crippen LogP) is -6.37. The third-order valence-electron chi connectivity index (χ3n) is 22.9. The molecule has 0 saturated carbocycles. The molecule has 0 bridgehead atoms. The van der Waals surface area contributed by atoms with E-state index in [1.165, 1.54) is 78.9 Å². The minimum Gasteiger partial charge on any atom is -0.508 e. The molecule has 0 radical (unpaired) electrons. The highest BCUT2D eigenvalue weighted by Gasteiger charge is 2.54. The van der Waals surface area contributed by atoms with Gasteiger partial charge in [0.15, 0.2) is 41.4 Å². The minimum atomic E-state index is -1.78. The number of primary amides is 1. The zero-order valence-corrected chi connectivity index (χ0v) is 81.2. The van der Waals surface area contributed by atoms with E-state index in [9.17, 15) is 78.0 Å². The molecule has 54 heteroatoms. The summed E-state index contributed by atoms with van der Waals surface area (Å²) in [5.41, 5.74) is 44.4. The van der Waals surface area contributed by atoms with E-state index < -0.39 is 210 Å². The van der Waals surface area contributed by atoms with Crippen LogP contribution in [0, 0.1) is 32.5 Å². The molecular formula is C91H140N33O21+. The number of aliphatic carboxylic acids is 1. The van der Waals surface area contributed by atoms with E-state index in [4.69, 9.17) is 87.8 Å². The Bertz CT molecular complexity index is 5200. The van der Waals surface area contributed by atoms with Gasteiger partial charge in [0.1, 0.15) is 89.2 Å². The van der Waals surface area contributed by atoms with Gasteiger partial charge in [-0.25, -0.2) is 9.59 Å². The number of nitrogens with one attached hydrogen (secondary N) is 24. The number of nitrogens with two attached hydrogens (primary N) is 8. The molecule has 2 aliphatic heterocycles. The summed E-state index contributed by atoms with van der Waals surface area (Å²) in [7, 11) is 5.77. The maximum atomic E-state index is 15.2. The number of esters is 1. The van der Waals surface area contributed by atoms with Crippen LogP contribution >= 0.6 is 0 Å². The molecule has 4 aromatic carbocycles. The van der Waals surface area contributed by atoms with Gasteiger partial charge in [-0.3, -0.25) is 94.8 Å². The lowest BCUT2D eigenvalue weighted by Crippen LogP contribution is -2.60. The second kappa shape index (κ2) is 58.8. The van der Waals surface area contributed by atoms with Crippen molar-refractivity contribution in [2.75, 3.05) is 86.6 Å². The van der Waals surface area contributed by atoms with Crippen LogP contribution in [0.25, 0.3) is 0 Å². The number of amides is 13. The standard InChI is InChI=1S/C91H139N33O21/c1-124(2,3)43-7-5-15-60(77(135)118-61(17-9-37-108-86(96)97)78(136)119-63(19-11-39-110-88(100)101)80(138)122-65(32-33-70(93)128)82(140)121-62(18-10-38-109-87(98)99)79(137)120-64(20-12-40-111-89(102)103)81(139)123-66(83(141)142)21-13-41-112-90(104)105)117-76(134)59(14-4-6-35-92)116-75(133)58(16-8-36-107-85(94)95)114-72(130)48-113-74(132)67(44-49-22-25-51(125)26-23-49)115-71(129)34-42-106-73(131)50-24-29-54-57(45-50)91(145-84(54)143)55-30-27-52(126)46-68(55)144-69-47-53(127)28-31-56(69)91/h22-31,45-47,58-67H,4-21,32-44,48,92H2,1-3H3,(H41-,93,94,95,96,97,98,99,100,101,102,103,104,105,106,107,108,109,110,111,112,113,114,115,116,117,118,119,120,121,122,123,125,126,127,128,129,130,131,132,133,134,135,136,137,138,139,140,141,142)/p+1/t58-,59-,60-,61-,62-,63-,64-,65-,66-,67-/m0/s1. The summed E-state index contributed by atoms with van der Waals surface area (Å²) in [5, 5.41) is 134. The summed E-state index contributed by atoms with van der Waals surface area (Å²) < 4.78 is 12.7. The maximum Gasteiger partial charge on any atom is 0.340 e. The van der Waals surface area contributed by atoms with Gasteiger partial charge < -0.3 is 176 Å². The minimum absolute atomic E-state index is 0.00368. The Kier molecular flexibility index (Phi) is 47.6. The second-order valence-electron chi connectivity index (χ2n) is 35.7. The van der Waals surface area contributed by atoms with Crippen LogP contribution in [0.3, 0.4) is 0 Å². The fraction of sp³-hybridized carbons (Fsp3) is 0.505. The molecule has 4 aromatic rings. The van der Waals surface area contributed by atoms with Crippen molar-refractivity contribution in [3.8, 4) is 28.7 Å². The van der Waals surface area contributed by atoms with Crippen molar-refractivity contribution in [3.05, 3.63) is 112 Å². The first-order valence-corrected chi connectivity index (χ1v) is 47.2. The zero-order valence-electron chi connectivity index (χ0n) is 81.2. The molecular weight excluding hydrogens is 1890 g/mol. The van der Waals surface area contributed by atoms with Gasteiger partial charge in [-0.1, -0.05) is 12.1 Å². The van der Waals surface area contributed by atoms with E-state index in [1.807, 2.05) is 21.1 Å². The van der Waals surface area contributed by atoms with E-state index in [1.54, 1.807) is 0 Å². The second-order valence-corrected chi connectivity index (χ2v) is 35.7. The molecule has 0 saturated heterocycles. The summed E-state index contributed by atoms with van der Waals surface area (Å²) in [6.07, 6.45) is -2.12. The van der Waals surface area contributed by atoms with E-state index in [0.29, 0.717) is 40.6 Å². The van der Waals surface area contributed by atoms with Crippen LogP contribution in [0.15, 0.2) is 78.9 Å². The van der Waals surface area contributed by atoms with Crippen molar-refractivity contribution in [3.63, 3.8) is 0 Å². The van der Waals surface area contributed by atoms with Crippen molar-refractivity contribution in [2.24, 2.45) is 45.9 Å². The number of hydrogen-bond acceptors (Lipinski definition) is 27. The number of fused-ring (bicyclic) bond motifs is 6. The van der Waals surface area contributed by atoms with Crippen LogP contribution in [0.5, 0.6) is 28.7 Å². The topological polar surface area (TPSA) is 923 Å². The molecule has 0 fully saturated rings. The summed E-state index contributed by atoms with van der Waals surface area (Å²) in [5.74, 6) is -17.6. The van der Waals surface area contributed by atoms with E-state index in [-0.39, 0.29) is 213 Å². The van der Waals surface area contributed by atoms with Crippen LogP contribution in [-0.2, 0) is 79.1 Å². The molecule has 10 atom stereocenters. The Morgan fingerprint density at radius 1 is 0.359 bits per heavy atom. The Balaban J connectivity index is 1.24. The lowest BCUT2D eigenvalue weighted by molar-refractivity contribution is -0.870. The molecule has 2 aliphatic rings. The average Bonchev–Trinajstić information content (AvgIpc) is 1.56. The number of quaternary nitrogens is 1. The molecule has 0 unspecified atom stereocenters. The Morgan fingerprint density at radius 3 is 1.07 bits per heavy atom. The van der Waals surface area contributed by atoms with Crippen molar-refractivity contribution >= 4 is 124 Å². The molecule has 794 valence electrons. The van der Waals surface area contributed by atoms with Crippen molar-refractivity contribution in [2.45, 2.75) is 207 Å². The number of phenolic OH excluding ortho intramolecular Hbond substituents is 3. The van der Waals surface area contributed by atoms with Crippen LogP contribution in [0.2, 0.25) is 0 Å². The molecule has 0 aliphatic carbocycles. The average molecular weight is 2030 g/mol. The summed E-state index contributed by atoms with van der Waals surface area (Å²) in [4.78, 5) is 214. The first-order valence-electron chi connectivity index (χ1n) is 47.2. The fourth-order valence-corrected chi connectivity index (χ4v) is 15.6. The van der Waals surface area contributed by atoms with Crippen molar-refractivity contribution < 1.29 is 106 Å². The third-order valence-corrected chi connectivity index (χ3v) is 22.9. The van der Waals surface area contributed by atoms with E-state index in [0.717, 1.165) is 0 Å². The van der Waals surface area contributed by atoms with Gasteiger partial charge in [0.25, 0.3) is 5.91 Å². The zero-order chi connectivity index (χ0) is 107. The number of rotatable bonds is 64. The van der Waals surface area contributed by atoms with Crippen LogP contribution in [-0.4, -0.2) is 296 Å². The van der Waals surface area contributed by atoms with Crippen molar-refractivity contribution in [1.82, 2.24) is 95.7 Å². The number of nitrogens with zero attached hydrogens (tertiary/aromatic N) is 1.